The molecule has 1 aliphatic rings. The number of hydrogen-bond donors (Lipinski definition) is 2. The van der Waals surface area contributed by atoms with Gasteiger partial charge in [-0.15, -0.1) is 0 Å². The minimum Gasteiger partial charge on any atom is -0.369 e. The van der Waals surface area contributed by atoms with Gasteiger partial charge < -0.3 is 5.73 Å². The van der Waals surface area contributed by atoms with Gasteiger partial charge in [-0.25, -0.2) is 4.98 Å². The van der Waals surface area contributed by atoms with Crippen molar-refractivity contribution in [2.24, 2.45) is 5.92 Å². The molecule has 0 amide bonds. The zero-order chi connectivity index (χ0) is 9.42. The first-order valence-corrected chi connectivity index (χ1v) is 4.58. The summed E-state index contributed by atoms with van der Waals surface area (Å²) in [6.45, 7) is 2.13. The van der Waals surface area contributed by atoms with Crippen LogP contribution in [0.3, 0.4) is 0 Å². The molecular formula is C9H13N3O. The Morgan fingerprint density at radius 1 is 1.62 bits per heavy atom. The lowest BCUT2D eigenvalue weighted by Gasteiger charge is -2.00. The summed E-state index contributed by atoms with van der Waals surface area (Å²) in [5.74, 6) is 0.811. The van der Waals surface area contributed by atoms with Crippen LogP contribution >= 0.6 is 0 Å². The van der Waals surface area contributed by atoms with Gasteiger partial charge in [0.25, 0.3) is 5.56 Å². The molecular weight excluding hydrogens is 166 g/mol. The average molecular weight is 179 g/mol. The van der Waals surface area contributed by atoms with Crippen molar-refractivity contribution in [1.29, 1.82) is 0 Å². The topological polar surface area (TPSA) is 71.8 Å². The summed E-state index contributed by atoms with van der Waals surface area (Å²) in [5.41, 5.74) is 7.13. The van der Waals surface area contributed by atoms with E-state index in [0.29, 0.717) is 5.92 Å². The third-order valence-electron chi connectivity index (χ3n) is 2.67. The van der Waals surface area contributed by atoms with Crippen LogP contribution in [0, 0.1) is 5.92 Å². The van der Waals surface area contributed by atoms with Gasteiger partial charge in [0.1, 0.15) is 0 Å². The molecule has 70 valence electrons. The summed E-state index contributed by atoms with van der Waals surface area (Å²) in [6, 6.07) is 0. The highest BCUT2D eigenvalue weighted by Crippen LogP contribution is 2.24. The van der Waals surface area contributed by atoms with Gasteiger partial charge in [0.2, 0.25) is 5.95 Å². The fourth-order valence-corrected chi connectivity index (χ4v) is 1.87. The number of fused-ring (bicyclic) bond motifs is 1. The van der Waals surface area contributed by atoms with Crippen molar-refractivity contribution in [3.63, 3.8) is 0 Å². The lowest BCUT2D eigenvalue weighted by atomic mass is 10.0. The Morgan fingerprint density at radius 2 is 2.38 bits per heavy atom. The summed E-state index contributed by atoms with van der Waals surface area (Å²) in [5, 5.41) is 0. The number of hydrogen-bond acceptors (Lipinski definition) is 3. The average Bonchev–Trinajstić information content (AvgIpc) is 2.47. The van der Waals surface area contributed by atoms with E-state index in [1.54, 1.807) is 0 Å². The number of anilines is 1. The van der Waals surface area contributed by atoms with E-state index in [-0.39, 0.29) is 11.5 Å². The van der Waals surface area contributed by atoms with Gasteiger partial charge >= 0.3 is 0 Å². The van der Waals surface area contributed by atoms with E-state index < -0.39 is 0 Å². The number of rotatable bonds is 1. The number of aromatic nitrogens is 2. The van der Waals surface area contributed by atoms with E-state index in [2.05, 4.69) is 16.9 Å². The highest BCUT2D eigenvalue weighted by Gasteiger charge is 2.24. The Hall–Kier alpha value is -1.32. The summed E-state index contributed by atoms with van der Waals surface area (Å²) < 4.78 is 0. The molecule has 1 atom stereocenters. The van der Waals surface area contributed by atoms with Gasteiger partial charge in [0.05, 0.1) is 5.69 Å². The van der Waals surface area contributed by atoms with Crippen LogP contribution in [-0.2, 0) is 12.8 Å². The molecule has 0 fully saturated rings. The van der Waals surface area contributed by atoms with E-state index in [1.807, 2.05) is 0 Å². The van der Waals surface area contributed by atoms with Crippen LogP contribution in [0.25, 0.3) is 0 Å². The summed E-state index contributed by atoms with van der Waals surface area (Å²) in [4.78, 5) is 18.1. The molecule has 2 rings (SSSR count). The number of nitrogen functional groups attached to an aromatic ring is 1. The van der Waals surface area contributed by atoms with Crippen LogP contribution in [0.2, 0.25) is 0 Å². The minimum absolute atomic E-state index is 0.0570. The van der Waals surface area contributed by atoms with Gasteiger partial charge in [-0.3, -0.25) is 9.78 Å². The smallest absolute Gasteiger partial charge is 0.255 e. The van der Waals surface area contributed by atoms with Gasteiger partial charge in [-0.1, -0.05) is 13.3 Å². The summed E-state index contributed by atoms with van der Waals surface area (Å²) in [6.07, 6.45) is 2.85. The molecule has 0 saturated heterocycles. The van der Waals surface area contributed by atoms with Gasteiger partial charge in [-0.05, 0) is 18.8 Å². The van der Waals surface area contributed by atoms with E-state index >= 15 is 0 Å². The van der Waals surface area contributed by atoms with Crippen molar-refractivity contribution >= 4 is 5.95 Å². The second kappa shape index (κ2) is 2.87. The largest absolute Gasteiger partial charge is 0.369 e. The minimum atomic E-state index is -0.0570. The van der Waals surface area contributed by atoms with E-state index in [1.165, 1.54) is 0 Å². The summed E-state index contributed by atoms with van der Waals surface area (Å²) in [7, 11) is 0. The number of aromatic amines is 1. The maximum atomic E-state index is 11.4. The van der Waals surface area contributed by atoms with Gasteiger partial charge in [0.15, 0.2) is 0 Å². The molecule has 1 aliphatic carbocycles. The maximum absolute atomic E-state index is 11.4. The molecule has 0 aliphatic heterocycles. The highest BCUT2D eigenvalue weighted by atomic mass is 16.1. The van der Waals surface area contributed by atoms with Crippen molar-refractivity contribution in [2.75, 3.05) is 5.73 Å². The number of nitrogens with zero attached hydrogens (tertiary/aromatic N) is 1. The summed E-state index contributed by atoms with van der Waals surface area (Å²) >= 11 is 0. The normalized spacial score (nSPS) is 20.2. The van der Waals surface area contributed by atoms with Crippen molar-refractivity contribution in [2.45, 2.75) is 26.2 Å². The van der Waals surface area contributed by atoms with E-state index in [0.717, 1.165) is 30.5 Å². The van der Waals surface area contributed by atoms with Crippen molar-refractivity contribution < 1.29 is 0 Å². The lowest BCUT2D eigenvalue weighted by Crippen LogP contribution is -2.16. The monoisotopic (exact) mass is 179 g/mol. The third-order valence-corrected chi connectivity index (χ3v) is 2.67. The molecule has 1 aromatic heterocycles. The molecule has 0 aromatic carbocycles. The highest BCUT2D eigenvalue weighted by molar-refractivity contribution is 5.29. The molecule has 4 nitrogen and oxygen atoms in total. The molecule has 1 heterocycles. The zero-order valence-electron chi connectivity index (χ0n) is 7.63. The van der Waals surface area contributed by atoms with Crippen LogP contribution in [0.4, 0.5) is 5.95 Å². The zero-order valence-corrected chi connectivity index (χ0v) is 7.63. The Kier molecular flexibility index (Phi) is 1.83. The second-order valence-electron chi connectivity index (χ2n) is 3.56. The lowest BCUT2D eigenvalue weighted by molar-refractivity contribution is 0.539. The van der Waals surface area contributed by atoms with E-state index in [9.17, 15) is 4.79 Å². The molecule has 0 spiro atoms. The van der Waals surface area contributed by atoms with Crippen LogP contribution in [-0.4, -0.2) is 9.97 Å². The Bertz CT molecular complexity index is 383. The predicted molar refractivity (Wildman–Crippen MR) is 50.5 cm³/mol. The first kappa shape index (κ1) is 8.29. The molecule has 1 unspecified atom stereocenters. The molecule has 13 heavy (non-hydrogen) atoms. The van der Waals surface area contributed by atoms with Crippen molar-refractivity contribution in [3.8, 4) is 0 Å². The SMILES string of the molecule is CCC1Cc2nc(N)[nH]c(=O)c2C1. The fourth-order valence-electron chi connectivity index (χ4n) is 1.87. The quantitative estimate of drug-likeness (QED) is 0.658. The number of H-pyrrole nitrogens is 1. The first-order chi connectivity index (χ1) is 6.20. The number of nitrogens with two attached hydrogens (primary N) is 1. The molecule has 1 aromatic rings. The molecule has 0 saturated carbocycles. The standard InChI is InChI=1S/C9H13N3O/c1-2-5-3-6-7(4-5)11-9(10)12-8(6)13/h5H,2-4H2,1H3,(H3,10,11,12,13). The molecule has 3 N–H and O–H groups in total. The molecule has 0 radical (unpaired) electrons. The first-order valence-electron chi connectivity index (χ1n) is 4.58. The Morgan fingerprint density at radius 3 is 3.08 bits per heavy atom. The van der Waals surface area contributed by atoms with Crippen LogP contribution in [0.15, 0.2) is 4.79 Å². The van der Waals surface area contributed by atoms with Crippen molar-refractivity contribution in [3.05, 3.63) is 21.6 Å². The Balaban J connectivity index is 2.46. The van der Waals surface area contributed by atoms with Crippen LogP contribution in [0.5, 0.6) is 0 Å². The van der Waals surface area contributed by atoms with Gasteiger partial charge in [0, 0.05) is 5.56 Å². The number of nitrogens with one attached hydrogen (secondary N) is 1. The fraction of sp³-hybridized carbons (Fsp3) is 0.556. The third kappa shape index (κ3) is 1.32. The van der Waals surface area contributed by atoms with Crippen LogP contribution < -0.4 is 11.3 Å². The van der Waals surface area contributed by atoms with E-state index in [4.69, 9.17) is 5.73 Å². The van der Waals surface area contributed by atoms with Crippen molar-refractivity contribution in [1.82, 2.24) is 9.97 Å². The maximum Gasteiger partial charge on any atom is 0.255 e. The second-order valence-corrected chi connectivity index (χ2v) is 3.56. The van der Waals surface area contributed by atoms with Crippen LogP contribution in [0.1, 0.15) is 24.6 Å². The van der Waals surface area contributed by atoms with Gasteiger partial charge in [-0.2, -0.15) is 0 Å². The Labute approximate surface area is 76.2 Å². The molecule has 0 bridgehead atoms. The predicted octanol–water partition coefficient (Wildman–Crippen LogP) is 0.477. The molecule has 4 heteroatoms.